The van der Waals surface area contributed by atoms with Crippen molar-refractivity contribution in [2.24, 2.45) is 0 Å². The van der Waals surface area contributed by atoms with Crippen LogP contribution in [0.25, 0.3) is 6.08 Å². The van der Waals surface area contributed by atoms with E-state index in [-0.39, 0.29) is 16.8 Å². The van der Waals surface area contributed by atoms with Crippen LogP contribution in [0.3, 0.4) is 0 Å². The van der Waals surface area contributed by atoms with Gasteiger partial charge in [0.2, 0.25) is 0 Å². The Labute approximate surface area is 232 Å². The van der Waals surface area contributed by atoms with Gasteiger partial charge in [-0.3, -0.25) is 19.8 Å². The van der Waals surface area contributed by atoms with Crippen LogP contribution < -0.4 is 15.5 Å². The number of benzene rings is 3. The fourth-order valence-corrected chi connectivity index (χ4v) is 5.08. The molecule has 0 atom stereocenters. The van der Waals surface area contributed by atoms with Crippen LogP contribution in [0.15, 0.2) is 76.1 Å². The maximum atomic E-state index is 12.8. The first kappa shape index (κ1) is 26.6. The van der Waals surface area contributed by atoms with Crippen LogP contribution in [0, 0.1) is 13.8 Å². The van der Waals surface area contributed by atoms with Gasteiger partial charge in [-0.2, -0.15) is 5.01 Å². The van der Waals surface area contributed by atoms with Gasteiger partial charge in [0.1, 0.15) is 5.75 Å². The molecule has 1 aliphatic rings. The number of carbonyl (C=O) groups excluding carboxylic acids is 3. The zero-order valence-electron chi connectivity index (χ0n) is 19.9. The third kappa shape index (κ3) is 6.65. The highest BCUT2D eigenvalue weighted by molar-refractivity contribution is 9.10. The molecule has 0 spiro atoms. The third-order valence-corrected chi connectivity index (χ3v) is 7.41. The molecule has 0 aromatic heterocycles. The Morgan fingerprint density at radius 1 is 1.05 bits per heavy atom. The third-order valence-electron chi connectivity index (χ3n) is 5.45. The molecule has 37 heavy (non-hydrogen) atoms. The zero-order chi connectivity index (χ0) is 26.5. The first-order valence-corrected chi connectivity index (χ1v) is 13.2. The van der Waals surface area contributed by atoms with E-state index in [1.807, 2.05) is 26.0 Å². The number of ether oxygens (including phenoxy) is 1. The van der Waals surface area contributed by atoms with Crippen molar-refractivity contribution < 1.29 is 19.1 Å². The summed E-state index contributed by atoms with van der Waals surface area (Å²) in [6.45, 7) is 3.83. The summed E-state index contributed by atoms with van der Waals surface area (Å²) in [6.07, 6.45) is 1.68. The lowest BCUT2D eigenvalue weighted by Gasteiger charge is -2.15. The lowest BCUT2D eigenvalue weighted by atomic mass is 10.1. The number of nitrogens with zero attached hydrogens (tertiary/aromatic N) is 1. The highest BCUT2D eigenvalue weighted by atomic mass is 79.9. The molecule has 0 aliphatic carbocycles. The Balaban J connectivity index is 1.34. The normalized spacial score (nSPS) is 14.1. The molecule has 3 aromatic carbocycles. The average molecular weight is 597 g/mol. The molecule has 0 bridgehead atoms. The first-order chi connectivity index (χ1) is 17.7. The molecule has 10 heteroatoms. The number of hydrazine groups is 1. The number of thioether (sulfide) groups is 1. The van der Waals surface area contributed by atoms with Gasteiger partial charge in [-0.15, -0.1) is 0 Å². The lowest BCUT2D eigenvalue weighted by molar-refractivity contribution is -0.123. The van der Waals surface area contributed by atoms with E-state index >= 15 is 0 Å². The predicted molar refractivity (Wildman–Crippen MR) is 153 cm³/mol. The standard InChI is InChI=1S/C27H22BrN3O4S2/c1-16-12-21(28)22(13-17(16)2)29-24(32)15-35-20-10-8-18(9-11-20)14-23-26(34)31(27(36)37-23)30-25(33)19-6-4-3-5-7-19/h3-14H,15H2,1-2H3,(H,29,32)(H,30,33). The summed E-state index contributed by atoms with van der Waals surface area (Å²) < 4.78 is 6.65. The molecule has 3 aromatic rings. The molecule has 0 unspecified atom stereocenters. The number of amides is 3. The van der Waals surface area contributed by atoms with E-state index in [1.165, 1.54) is 0 Å². The fraction of sp³-hybridized carbons (Fsp3) is 0.111. The van der Waals surface area contributed by atoms with Crippen molar-refractivity contribution >= 4 is 73.7 Å². The Morgan fingerprint density at radius 2 is 1.73 bits per heavy atom. The fourth-order valence-electron chi connectivity index (χ4n) is 3.34. The quantitative estimate of drug-likeness (QED) is 0.272. The van der Waals surface area contributed by atoms with Gasteiger partial charge in [-0.25, -0.2) is 0 Å². The van der Waals surface area contributed by atoms with Crippen molar-refractivity contribution in [1.29, 1.82) is 0 Å². The summed E-state index contributed by atoms with van der Waals surface area (Å²) in [5.74, 6) is -0.606. The summed E-state index contributed by atoms with van der Waals surface area (Å²) in [5.41, 5.74) is 6.60. The summed E-state index contributed by atoms with van der Waals surface area (Å²) in [5, 5.41) is 3.91. The molecule has 3 amide bonds. The molecular weight excluding hydrogens is 574 g/mol. The number of carbonyl (C=O) groups is 3. The van der Waals surface area contributed by atoms with Crippen molar-refractivity contribution in [3.8, 4) is 5.75 Å². The summed E-state index contributed by atoms with van der Waals surface area (Å²) >= 11 is 9.85. The van der Waals surface area contributed by atoms with E-state index in [2.05, 4.69) is 26.7 Å². The second-order valence-corrected chi connectivity index (χ2v) is 10.7. The van der Waals surface area contributed by atoms with Gasteiger partial charge >= 0.3 is 0 Å². The minimum Gasteiger partial charge on any atom is -0.484 e. The van der Waals surface area contributed by atoms with Gasteiger partial charge in [0.15, 0.2) is 10.9 Å². The summed E-state index contributed by atoms with van der Waals surface area (Å²) in [7, 11) is 0. The number of aryl methyl sites for hydroxylation is 2. The van der Waals surface area contributed by atoms with Crippen LogP contribution in [0.1, 0.15) is 27.0 Å². The molecule has 1 aliphatic heterocycles. The summed E-state index contributed by atoms with van der Waals surface area (Å²) in [6, 6.07) is 19.4. The first-order valence-electron chi connectivity index (χ1n) is 11.1. The molecule has 188 valence electrons. The average Bonchev–Trinajstić information content (AvgIpc) is 3.14. The molecule has 1 heterocycles. The number of hydrogen-bond acceptors (Lipinski definition) is 6. The summed E-state index contributed by atoms with van der Waals surface area (Å²) in [4.78, 5) is 37.9. The number of anilines is 1. The number of nitrogens with one attached hydrogen (secondary N) is 2. The van der Waals surface area contributed by atoms with Gasteiger partial charge in [-0.1, -0.05) is 42.1 Å². The zero-order valence-corrected chi connectivity index (χ0v) is 23.1. The van der Waals surface area contributed by atoms with E-state index in [1.54, 1.807) is 60.7 Å². The van der Waals surface area contributed by atoms with Gasteiger partial charge in [0.05, 0.1) is 10.6 Å². The minimum absolute atomic E-state index is 0.154. The number of halogens is 1. The monoisotopic (exact) mass is 595 g/mol. The molecule has 1 fully saturated rings. The van der Waals surface area contributed by atoms with Crippen molar-refractivity contribution in [2.45, 2.75) is 13.8 Å². The smallest absolute Gasteiger partial charge is 0.285 e. The SMILES string of the molecule is Cc1cc(Br)c(NC(=O)COc2ccc(C=C3SC(=S)N(NC(=O)c4ccccc4)C3=O)cc2)cc1C. The van der Waals surface area contributed by atoms with Gasteiger partial charge in [-0.05, 0) is 101 Å². The molecular formula is C27H22BrN3O4S2. The van der Waals surface area contributed by atoms with Crippen LogP contribution in [0.5, 0.6) is 5.75 Å². The molecule has 0 radical (unpaired) electrons. The second kappa shape index (κ2) is 11.7. The Bertz CT molecular complexity index is 1410. The van der Waals surface area contributed by atoms with E-state index < -0.39 is 11.8 Å². The Hall–Kier alpha value is -3.47. The largest absolute Gasteiger partial charge is 0.484 e. The van der Waals surface area contributed by atoms with Crippen molar-refractivity contribution in [3.05, 3.63) is 98.4 Å². The Kier molecular flexibility index (Phi) is 8.42. The van der Waals surface area contributed by atoms with Crippen LogP contribution in [0.2, 0.25) is 0 Å². The van der Waals surface area contributed by atoms with Crippen LogP contribution in [-0.2, 0) is 9.59 Å². The molecule has 1 saturated heterocycles. The number of rotatable bonds is 7. The number of hydrogen-bond donors (Lipinski definition) is 2. The maximum Gasteiger partial charge on any atom is 0.285 e. The molecule has 2 N–H and O–H groups in total. The number of thiocarbonyl (C=S) groups is 1. The topological polar surface area (TPSA) is 87.7 Å². The maximum absolute atomic E-state index is 12.8. The van der Waals surface area contributed by atoms with Crippen molar-refractivity contribution in [2.75, 3.05) is 11.9 Å². The minimum atomic E-state index is -0.423. The lowest BCUT2D eigenvalue weighted by Crippen LogP contribution is -2.44. The van der Waals surface area contributed by atoms with E-state index in [0.717, 1.165) is 37.9 Å². The van der Waals surface area contributed by atoms with Crippen LogP contribution in [-0.4, -0.2) is 33.7 Å². The van der Waals surface area contributed by atoms with Gasteiger partial charge in [0.25, 0.3) is 17.7 Å². The molecule has 4 rings (SSSR count). The molecule has 7 nitrogen and oxygen atoms in total. The molecule has 0 saturated carbocycles. The van der Waals surface area contributed by atoms with Gasteiger partial charge < -0.3 is 10.1 Å². The van der Waals surface area contributed by atoms with Crippen LogP contribution >= 0.6 is 39.9 Å². The van der Waals surface area contributed by atoms with Gasteiger partial charge in [0, 0.05) is 10.0 Å². The van der Waals surface area contributed by atoms with Crippen molar-refractivity contribution in [1.82, 2.24) is 10.4 Å². The second-order valence-electron chi connectivity index (χ2n) is 8.15. The van der Waals surface area contributed by atoms with Crippen LogP contribution in [0.4, 0.5) is 5.69 Å². The van der Waals surface area contributed by atoms with E-state index in [0.29, 0.717) is 21.9 Å². The Morgan fingerprint density at radius 3 is 2.43 bits per heavy atom. The highest BCUT2D eigenvalue weighted by Gasteiger charge is 2.33. The van der Waals surface area contributed by atoms with E-state index in [9.17, 15) is 14.4 Å². The van der Waals surface area contributed by atoms with E-state index in [4.69, 9.17) is 17.0 Å². The van der Waals surface area contributed by atoms with Crippen molar-refractivity contribution in [3.63, 3.8) is 0 Å². The highest BCUT2D eigenvalue weighted by Crippen LogP contribution is 2.32. The predicted octanol–water partition coefficient (Wildman–Crippen LogP) is 5.63.